The van der Waals surface area contributed by atoms with Crippen molar-refractivity contribution in [2.45, 2.75) is 13.0 Å². The van der Waals surface area contributed by atoms with Crippen LogP contribution in [0.15, 0.2) is 47.8 Å². The van der Waals surface area contributed by atoms with Gasteiger partial charge in [-0.1, -0.05) is 17.7 Å². The fourth-order valence-corrected chi connectivity index (χ4v) is 2.06. The summed E-state index contributed by atoms with van der Waals surface area (Å²) in [6, 6.07) is 2.81. The molecule has 0 aliphatic heterocycles. The number of halogens is 2. The Morgan fingerprint density at radius 2 is 2.05 bits per heavy atom. The quantitative estimate of drug-likeness (QED) is 0.450. The van der Waals surface area contributed by atoms with Crippen LogP contribution in [0, 0.1) is 5.95 Å². The largest absolute Gasteiger partial charge is 0.389 e. The maximum Gasteiger partial charge on any atom is 0.212 e. The Bertz CT molecular complexity index is 711. The predicted octanol–water partition coefficient (Wildman–Crippen LogP) is 1.65. The summed E-state index contributed by atoms with van der Waals surface area (Å²) in [7, 11) is 0. The third-order valence-corrected chi connectivity index (χ3v) is 3.24. The average molecular weight is 323 g/mol. The lowest BCUT2D eigenvalue weighted by Gasteiger charge is -2.11. The van der Waals surface area contributed by atoms with Gasteiger partial charge in [0.05, 0.1) is 17.4 Å². The molecule has 116 valence electrons. The SMILES string of the molecule is CC(c1ccc(F)nc1)n1cc(C(/C=C(\N)Cl)=C(N)N)cn1. The summed E-state index contributed by atoms with van der Waals surface area (Å²) in [5, 5.41) is 4.32. The van der Waals surface area contributed by atoms with E-state index in [0.717, 1.165) is 5.56 Å². The summed E-state index contributed by atoms with van der Waals surface area (Å²) in [6.45, 7) is 1.91. The molecule has 2 rings (SSSR count). The summed E-state index contributed by atoms with van der Waals surface area (Å²) in [6.07, 6.45) is 6.27. The highest BCUT2D eigenvalue weighted by Gasteiger charge is 2.12. The van der Waals surface area contributed by atoms with Gasteiger partial charge in [-0.15, -0.1) is 0 Å². The zero-order chi connectivity index (χ0) is 16.3. The fraction of sp³-hybridized carbons (Fsp3) is 0.143. The van der Waals surface area contributed by atoms with Crippen LogP contribution in [0.3, 0.4) is 0 Å². The highest BCUT2D eigenvalue weighted by atomic mass is 35.5. The molecule has 0 spiro atoms. The highest BCUT2D eigenvalue weighted by Crippen LogP contribution is 2.22. The Morgan fingerprint density at radius 1 is 1.32 bits per heavy atom. The van der Waals surface area contributed by atoms with E-state index in [2.05, 4.69) is 10.1 Å². The Labute approximate surface area is 132 Å². The van der Waals surface area contributed by atoms with E-state index >= 15 is 0 Å². The summed E-state index contributed by atoms with van der Waals surface area (Å²) in [5.74, 6) is -0.444. The minimum absolute atomic E-state index is 0.0620. The molecule has 0 aliphatic rings. The van der Waals surface area contributed by atoms with Gasteiger partial charge in [-0.05, 0) is 24.6 Å². The second-order valence-corrected chi connectivity index (χ2v) is 5.13. The van der Waals surface area contributed by atoms with Crippen molar-refractivity contribution in [1.82, 2.24) is 14.8 Å². The first kappa shape index (κ1) is 15.8. The fourth-order valence-electron chi connectivity index (χ4n) is 1.95. The zero-order valence-electron chi connectivity index (χ0n) is 11.9. The number of allylic oxidation sites excluding steroid dienone is 2. The van der Waals surface area contributed by atoms with Crippen molar-refractivity contribution < 1.29 is 4.39 Å². The Morgan fingerprint density at radius 3 is 2.59 bits per heavy atom. The van der Waals surface area contributed by atoms with Gasteiger partial charge in [-0.3, -0.25) is 4.68 Å². The van der Waals surface area contributed by atoms with Crippen LogP contribution < -0.4 is 17.2 Å². The molecule has 2 heterocycles. The van der Waals surface area contributed by atoms with Crippen LogP contribution in [0.25, 0.3) is 5.57 Å². The molecule has 0 bridgehead atoms. The lowest BCUT2D eigenvalue weighted by atomic mass is 10.1. The second-order valence-electron chi connectivity index (χ2n) is 4.70. The van der Waals surface area contributed by atoms with Crippen molar-refractivity contribution in [1.29, 1.82) is 0 Å². The molecular weight excluding hydrogens is 307 g/mol. The van der Waals surface area contributed by atoms with E-state index in [-0.39, 0.29) is 17.0 Å². The molecule has 1 atom stereocenters. The Hall–Kier alpha value is -2.54. The molecular formula is C14H16ClFN6. The van der Waals surface area contributed by atoms with Gasteiger partial charge in [0.15, 0.2) is 0 Å². The third kappa shape index (κ3) is 3.56. The van der Waals surface area contributed by atoms with Gasteiger partial charge in [0, 0.05) is 23.5 Å². The molecule has 1 unspecified atom stereocenters. The molecule has 0 radical (unpaired) electrons. The average Bonchev–Trinajstić information content (AvgIpc) is 2.93. The molecule has 0 saturated heterocycles. The molecule has 6 nitrogen and oxygen atoms in total. The summed E-state index contributed by atoms with van der Waals surface area (Å²) in [4.78, 5) is 3.63. The van der Waals surface area contributed by atoms with Crippen LogP contribution in [0.1, 0.15) is 24.1 Å². The monoisotopic (exact) mass is 322 g/mol. The standard InChI is InChI=1S/C14H16ClFN6/c1-8(9-2-3-13(16)20-5-9)22-7-10(6-21-22)11(14(18)19)4-12(15)17/h2-8H,17-19H2,1H3/b12-4-. The first-order valence-electron chi connectivity index (χ1n) is 6.42. The highest BCUT2D eigenvalue weighted by molar-refractivity contribution is 6.29. The second kappa shape index (κ2) is 6.48. The number of aromatic nitrogens is 3. The van der Waals surface area contributed by atoms with E-state index in [4.69, 9.17) is 28.8 Å². The molecule has 0 saturated carbocycles. The van der Waals surface area contributed by atoms with Crippen molar-refractivity contribution in [3.05, 3.63) is 64.9 Å². The van der Waals surface area contributed by atoms with E-state index in [1.54, 1.807) is 23.1 Å². The number of hydrogen-bond donors (Lipinski definition) is 3. The summed E-state index contributed by atoms with van der Waals surface area (Å²) in [5.41, 5.74) is 18.7. The number of nitrogens with two attached hydrogens (primary N) is 3. The Kier molecular flexibility index (Phi) is 4.67. The molecule has 6 N–H and O–H groups in total. The van der Waals surface area contributed by atoms with E-state index in [1.165, 1.54) is 18.3 Å². The van der Waals surface area contributed by atoms with E-state index in [9.17, 15) is 4.39 Å². The smallest absolute Gasteiger partial charge is 0.212 e. The summed E-state index contributed by atoms with van der Waals surface area (Å²) >= 11 is 5.67. The molecule has 2 aromatic heterocycles. The molecule has 0 amide bonds. The van der Waals surface area contributed by atoms with Crippen molar-refractivity contribution in [2.75, 3.05) is 0 Å². The van der Waals surface area contributed by atoms with Gasteiger partial charge < -0.3 is 17.2 Å². The third-order valence-electron chi connectivity index (χ3n) is 3.14. The number of rotatable bonds is 4. The maximum absolute atomic E-state index is 12.9. The number of nitrogens with zero attached hydrogens (tertiary/aromatic N) is 3. The Balaban J connectivity index is 2.33. The normalized spacial score (nSPS) is 13.0. The van der Waals surface area contributed by atoms with E-state index in [0.29, 0.717) is 11.1 Å². The van der Waals surface area contributed by atoms with Crippen LogP contribution in [0.4, 0.5) is 4.39 Å². The first-order chi connectivity index (χ1) is 10.4. The van der Waals surface area contributed by atoms with Gasteiger partial charge in [0.25, 0.3) is 0 Å². The van der Waals surface area contributed by atoms with Crippen molar-refractivity contribution in [3.8, 4) is 0 Å². The van der Waals surface area contributed by atoms with Crippen molar-refractivity contribution in [2.24, 2.45) is 17.2 Å². The topological polar surface area (TPSA) is 109 Å². The zero-order valence-corrected chi connectivity index (χ0v) is 12.6. The van der Waals surface area contributed by atoms with Crippen molar-refractivity contribution >= 4 is 17.2 Å². The minimum Gasteiger partial charge on any atom is -0.389 e. The predicted molar refractivity (Wildman–Crippen MR) is 83.7 cm³/mol. The molecule has 2 aromatic rings. The van der Waals surface area contributed by atoms with Gasteiger partial charge >= 0.3 is 0 Å². The number of pyridine rings is 1. The maximum atomic E-state index is 12.9. The van der Waals surface area contributed by atoms with Crippen LogP contribution in [-0.2, 0) is 0 Å². The molecule has 0 aliphatic carbocycles. The number of hydrogen-bond acceptors (Lipinski definition) is 5. The van der Waals surface area contributed by atoms with Crippen molar-refractivity contribution in [3.63, 3.8) is 0 Å². The lowest BCUT2D eigenvalue weighted by molar-refractivity contribution is 0.550. The molecule has 0 aromatic carbocycles. The van der Waals surface area contributed by atoms with Crippen LogP contribution >= 0.6 is 11.6 Å². The van der Waals surface area contributed by atoms with E-state index < -0.39 is 5.95 Å². The van der Waals surface area contributed by atoms with Crippen LogP contribution in [-0.4, -0.2) is 14.8 Å². The van der Waals surface area contributed by atoms with Crippen LogP contribution in [0.2, 0.25) is 0 Å². The summed E-state index contributed by atoms with van der Waals surface area (Å²) < 4.78 is 14.6. The van der Waals surface area contributed by atoms with Gasteiger partial charge in [0.1, 0.15) is 5.82 Å². The molecule has 22 heavy (non-hydrogen) atoms. The minimum atomic E-state index is -0.527. The molecule has 8 heteroatoms. The van der Waals surface area contributed by atoms with Gasteiger partial charge in [-0.25, -0.2) is 4.98 Å². The van der Waals surface area contributed by atoms with Gasteiger partial charge in [-0.2, -0.15) is 9.49 Å². The molecule has 0 fully saturated rings. The van der Waals surface area contributed by atoms with Crippen LogP contribution in [0.5, 0.6) is 0 Å². The van der Waals surface area contributed by atoms with E-state index in [1.807, 2.05) is 6.92 Å². The van der Waals surface area contributed by atoms with Gasteiger partial charge in [0.2, 0.25) is 5.95 Å². The lowest BCUT2D eigenvalue weighted by Crippen LogP contribution is -2.11. The first-order valence-corrected chi connectivity index (χ1v) is 6.80.